The van der Waals surface area contributed by atoms with Crippen LogP contribution in [0.3, 0.4) is 0 Å². The van der Waals surface area contributed by atoms with Crippen LogP contribution >= 0.6 is 0 Å². The monoisotopic (exact) mass is 353 g/mol. The van der Waals surface area contributed by atoms with Crippen molar-refractivity contribution in [1.82, 2.24) is 5.32 Å². The minimum absolute atomic E-state index is 0.0592. The first kappa shape index (κ1) is 20.0. The van der Waals surface area contributed by atoms with Crippen LogP contribution in [0.2, 0.25) is 0 Å². The van der Waals surface area contributed by atoms with Crippen molar-refractivity contribution in [2.45, 2.75) is 66.0 Å². The molecule has 3 nitrogen and oxygen atoms in total. The molecule has 0 aliphatic carbocycles. The number of amides is 1. The molecule has 0 aliphatic heterocycles. The maximum absolute atomic E-state index is 12.5. The van der Waals surface area contributed by atoms with Crippen molar-refractivity contribution in [3.8, 4) is 5.75 Å². The van der Waals surface area contributed by atoms with Gasteiger partial charge in [0.15, 0.2) is 6.10 Å². The van der Waals surface area contributed by atoms with Crippen LogP contribution in [0.4, 0.5) is 0 Å². The summed E-state index contributed by atoms with van der Waals surface area (Å²) in [6.45, 7) is 14.5. The first-order valence-corrected chi connectivity index (χ1v) is 9.22. The maximum Gasteiger partial charge on any atom is 0.261 e. The Morgan fingerprint density at radius 3 is 2.12 bits per heavy atom. The SMILES string of the molecule is Cc1ccc([C@H](C)NC(=O)[C@@H](C)Oc2ccc(C(C)(C)C)cc2)cc1C. The minimum Gasteiger partial charge on any atom is -0.481 e. The van der Waals surface area contributed by atoms with Crippen molar-refractivity contribution in [2.75, 3.05) is 0 Å². The van der Waals surface area contributed by atoms with Gasteiger partial charge in [-0.3, -0.25) is 4.79 Å². The highest BCUT2D eigenvalue weighted by Crippen LogP contribution is 2.25. The van der Waals surface area contributed by atoms with Gasteiger partial charge in [-0.1, -0.05) is 51.1 Å². The molecule has 0 aliphatic rings. The second kappa shape index (κ2) is 7.94. The van der Waals surface area contributed by atoms with E-state index in [0.717, 1.165) is 5.56 Å². The fraction of sp³-hybridized carbons (Fsp3) is 0.435. The molecule has 0 fully saturated rings. The molecule has 2 aromatic carbocycles. The van der Waals surface area contributed by atoms with Crippen molar-refractivity contribution in [1.29, 1.82) is 0 Å². The van der Waals surface area contributed by atoms with E-state index in [1.54, 1.807) is 6.92 Å². The largest absolute Gasteiger partial charge is 0.481 e. The zero-order valence-corrected chi connectivity index (χ0v) is 17.0. The van der Waals surface area contributed by atoms with Gasteiger partial charge >= 0.3 is 0 Å². The van der Waals surface area contributed by atoms with Crippen LogP contribution < -0.4 is 10.1 Å². The molecular formula is C23H31NO2. The predicted molar refractivity (Wildman–Crippen MR) is 108 cm³/mol. The summed E-state index contributed by atoms with van der Waals surface area (Å²) >= 11 is 0. The summed E-state index contributed by atoms with van der Waals surface area (Å²) in [5.74, 6) is 0.593. The minimum atomic E-state index is -0.551. The highest BCUT2D eigenvalue weighted by atomic mass is 16.5. The lowest BCUT2D eigenvalue weighted by molar-refractivity contribution is -0.127. The molecule has 0 saturated heterocycles. The molecule has 3 heteroatoms. The van der Waals surface area contributed by atoms with E-state index in [0.29, 0.717) is 5.75 Å². The summed E-state index contributed by atoms with van der Waals surface area (Å²) in [4.78, 5) is 12.5. The molecule has 0 bridgehead atoms. The Morgan fingerprint density at radius 2 is 1.58 bits per heavy atom. The number of carbonyl (C=O) groups excluding carboxylic acids is 1. The fourth-order valence-corrected chi connectivity index (χ4v) is 2.74. The zero-order valence-electron chi connectivity index (χ0n) is 17.0. The van der Waals surface area contributed by atoms with Gasteiger partial charge in [0.25, 0.3) is 5.91 Å². The summed E-state index contributed by atoms with van der Waals surface area (Å²) in [7, 11) is 0. The van der Waals surface area contributed by atoms with Crippen molar-refractivity contribution < 1.29 is 9.53 Å². The summed E-state index contributed by atoms with van der Waals surface area (Å²) in [5, 5.41) is 3.03. The summed E-state index contributed by atoms with van der Waals surface area (Å²) in [6.07, 6.45) is -0.551. The van der Waals surface area contributed by atoms with Gasteiger partial charge in [0, 0.05) is 0 Å². The zero-order chi connectivity index (χ0) is 19.5. The van der Waals surface area contributed by atoms with Gasteiger partial charge in [0.2, 0.25) is 0 Å². The van der Waals surface area contributed by atoms with Crippen LogP contribution in [-0.2, 0) is 10.2 Å². The second-order valence-corrected chi connectivity index (χ2v) is 8.11. The molecule has 0 radical (unpaired) electrons. The lowest BCUT2D eigenvalue weighted by Crippen LogP contribution is -2.37. The molecule has 2 atom stereocenters. The normalized spacial score (nSPS) is 13.8. The molecule has 140 valence electrons. The third kappa shape index (κ3) is 5.10. The average Bonchev–Trinajstić information content (AvgIpc) is 2.56. The number of benzene rings is 2. The Bertz CT molecular complexity index is 757. The van der Waals surface area contributed by atoms with Crippen LogP contribution in [0.25, 0.3) is 0 Å². The third-order valence-electron chi connectivity index (χ3n) is 4.79. The van der Waals surface area contributed by atoms with Crippen LogP contribution in [0.1, 0.15) is 62.9 Å². The first-order valence-electron chi connectivity index (χ1n) is 9.22. The number of nitrogens with one attached hydrogen (secondary N) is 1. The number of aryl methyl sites for hydroxylation is 2. The number of carbonyl (C=O) groups is 1. The molecule has 0 spiro atoms. The van der Waals surface area contributed by atoms with Gasteiger partial charge in [-0.25, -0.2) is 0 Å². The lowest BCUT2D eigenvalue weighted by atomic mass is 9.87. The maximum atomic E-state index is 12.5. The Kier molecular flexibility index (Phi) is 6.12. The Hall–Kier alpha value is -2.29. The Labute approximate surface area is 157 Å². The predicted octanol–water partition coefficient (Wildman–Crippen LogP) is 5.25. The van der Waals surface area contributed by atoms with Crippen molar-refractivity contribution in [3.63, 3.8) is 0 Å². The van der Waals surface area contributed by atoms with Crippen molar-refractivity contribution in [3.05, 3.63) is 64.7 Å². The van der Waals surface area contributed by atoms with E-state index in [1.807, 2.05) is 19.1 Å². The molecule has 1 N–H and O–H groups in total. The Balaban J connectivity index is 1.97. The van der Waals surface area contributed by atoms with Crippen LogP contribution in [0.5, 0.6) is 5.75 Å². The standard InChI is InChI=1S/C23H31NO2/c1-15-8-9-19(14-16(15)2)17(3)24-22(25)18(4)26-21-12-10-20(11-13-21)23(5,6)7/h8-14,17-18H,1-7H3,(H,24,25)/t17-,18+/m0/s1. The highest BCUT2D eigenvalue weighted by Gasteiger charge is 2.19. The molecule has 26 heavy (non-hydrogen) atoms. The second-order valence-electron chi connectivity index (χ2n) is 8.11. The first-order chi connectivity index (χ1) is 12.1. The van der Waals surface area contributed by atoms with E-state index in [1.165, 1.54) is 16.7 Å². The molecule has 0 unspecified atom stereocenters. The number of hydrogen-bond donors (Lipinski definition) is 1. The van der Waals surface area contributed by atoms with E-state index >= 15 is 0 Å². The molecule has 1 amide bonds. The third-order valence-corrected chi connectivity index (χ3v) is 4.79. The lowest BCUT2D eigenvalue weighted by Gasteiger charge is -2.21. The molecule has 2 aromatic rings. The van der Waals surface area contributed by atoms with Gasteiger partial charge in [0.1, 0.15) is 5.75 Å². The van der Waals surface area contributed by atoms with Gasteiger partial charge < -0.3 is 10.1 Å². The van der Waals surface area contributed by atoms with E-state index in [-0.39, 0.29) is 17.4 Å². The van der Waals surface area contributed by atoms with E-state index in [9.17, 15) is 4.79 Å². The van der Waals surface area contributed by atoms with Crippen LogP contribution in [-0.4, -0.2) is 12.0 Å². The quantitative estimate of drug-likeness (QED) is 0.798. The average molecular weight is 354 g/mol. The van der Waals surface area contributed by atoms with E-state index in [4.69, 9.17) is 4.74 Å². The van der Waals surface area contributed by atoms with Gasteiger partial charge in [0.05, 0.1) is 6.04 Å². The van der Waals surface area contributed by atoms with Crippen LogP contribution in [0, 0.1) is 13.8 Å². The number of rotatable bonds is 5. The summed E-state index contributed by atoms with van der Waals surface area (Å²) < 4.78 is 5.81. The smallest absolute Gasteiger partial charge is 0.261 e. The molecule has 0 saturated carbocycles. The van der Waals surface area contributed by atoms with Crippen molar-refractivity contribution >= 4 is 5.91 Å². The van der Waals surface area contributed by atoms with Gasteiger partial charge in [-0.15, -0.1) is 0 Å². The molecule has 2 rings (SSSR count). The number of ether oxygens (including phenoxy) is 1. The summed E-state index contributed by atoms with van der Waals surface area (Å²) in [6, 6.07) is 14.2. The highest BCUT2D eigenvalue weighted by molar-refractivity contribution is 5.81. The van der Waals surface area contributed by atoms with Gasteiger partial charge in [-0.2, -0.15) is 0 Å². The Morgan fingerprint density at radius 1 is 0.962 bits per heavy atom. The molecular weight excluding hydrogens is 322 g/mol. The summed E-state index contributed by atoms with van der Waals surface area (Å²) in [5.41, 5.74) is 4.92. The van der Waals surface area contributed by atoms with Crippen molar-refractivity contribution in [2.24, 2.45) is 0 Å². The topological polar surface area (TPSA) is 38.3 Å². The van der Waals surface area contributed by atoms with E-state index in [2.05, 4.69) is 70.3 Å². The van der Waals surface area contributed by atoms with Gasteiger partial charge in [-0.05, 0) is 67.5 Å². The fourth-order valence-electron chi connectivity index (χ4n) is 2.74. The molecule has 0 aromatic heterocycles. The number of hydrogen-bond acceptors (Lipinski definition) is 2. The van der Waals surface area contributed by atoms with Crippen LogP contribution in [0.15, 0.2) is 42.5 Å². The van der Waals surface area contributed by atoms with E-state index < -0.39 is 6.10 Å². The molecule has 0 heterocycles.